The lowest BCUT2D eigenvalue weighted by Crippen LogP contribution is -2.31. The van der Waals surface area contributed by atoms with Crippen LogP contribution < -0.4 is 5.32 Å². The molecule has 0 radical (unpaired) electrons. The second kappa shape index (κ2) is 6.30. The Morgan fingerprint density at radius 3 is 2.80 bits per heavy atom. The van der Waals surface area contributed by atoms with Crippen LogP contribution in [0, 0.1) is 5.92 Å². The van der Waals surface area contributed by atoms with Gasteiger partial charge in [-0.15, -0.1) is 0 Å². The predicted octanol–water partition coefficient (Wildman–Crippen LogP) is 4.13. The Hall–Kier alpha value is -0.830. The minimum atomic E-state index is 0.141. The van der Waals surface area contributed by atoms with Crippen LogP contribution in [0.3, 0.4) is 0 Å². The molecular formula is C17H22BrNO. The van der Waals surface area contributed by atoms with Gasteiger partial charge in [0.25, 0.3) is 0 Å². The minimum Gasteiger partial charge on any atom is -0.348 e. The van der Waals surface area contributed by atoms with E-state index in [9.17, 15) is 4.79 Å². The van der Waals surface area contributed by atoms with Gasteiger partial charge in [-0.2, -0.15) is 0 Å². The molecule has 0 saturated heterocycles. The van der Waals surface area contributed by atoms with Crippen molar-refractivity contribution in [2.75, 3.05) is 0 Å². The number of alkyl halides is 1. The molecule has 20 heavy (non-hydrogen) atoms. The molecule has 1 aromatic rings. The first-order valence-corrected chi connectivity index (χ1v) is 8.67. The third kappa shape index (κ3) is 3.08. The topological polar surface area (TPSA) is 29.1 Å². The molecule has 1 aromatic carbocycles. The fraction of sp³-hybridized carbons (Fsp3) is 0.588. The molecule has 1 amide bonds. The van der Waals surface area contributed by atoms with Crippen molar-refractivity contribution in [1.82, 2.24) is 5.32 Å². The zero-order valence-electron chi connectivity index (χ0n) is 11.8. The standard InChI is InChI=1S/C17H22BrNO/c18-15-11-13-7-3-4-8-14(13)17(15)19-16(20)10-9-12-5-1-2-6-12/h3-4,7-8,12,15,17H,1-2,5-6,9-11H2,(H,19,20). The summed E-state index contributed by atoms with van der Waals surface area (Å²) in [6.45, 7) is 0. The molecule has 2 aliphatic rings. The highest BCUT2D eigenvalue weighted by atomic mass is 79.9. The summed E-state index contributed by atoms with van der Waals surface area (Å²) in [6.07, 6.45) is 8.10. The Morgan fingerprint density at radius 1 is 1.25 bits per heavy atom. The van der Waals surface area contributed by atoms with Crippen LogP contribution >= 0.6 is 15.9 Å². The van der Waals surface area contributed by atoms with E-state index in [1.807, 2.05) is 0 Å². The molecule has 1 fully saturated rings. The van der Waals surface area contributed by atoms with Crippen molar-refractivity contribution < 1.29 is 4.79 Å². The summed E-state index contributed by atoms with van der Waals surface area (Å²) in [6, 6.07) is 8.57. The normalized spacial score (nSPS) is 25.6. The second-order valence-electron chi connectivity index (χ2n) is 6.15. The van der Waals surface area contributed by atoms with Gasteiger partial charge in [-0.05, 0) is 29.9 Å². The van der Waals surface area contributed by atoms with Crippen molar-refractivity contribution in [1.29, 1.82) is 0 Å². The van der Waals surface area contributed by atoms with Gasteiger partial charge in [0.2, 0.25) is 5.91 Å². The first kappa shape index (κ1) is 14.1. The maximum atomic E-state index is 12.2. The van der Waals surface area contributed by atoms with Gasteiger partial charge in [-0.1, -0.05) is 65.9 Å². The van der Waals surface area contributed by atoms with Crippen molar-refractivity contribution >= 4 is 21.8 Å². The summed E-state index contributed by atoms with van der Waals surface area (Å²) >= 11 is 3.72. The van der Waals surface area contributed by atoms with Gasteiger partial charge in [0.1, 0.15) is 0 Å². The van der Waals surface area contributed by atoms with Crippen molar-refractivity contribution in [3.8, 4) is 0 Å². The summed E-state index contributed by atoms with van der Waals surface area (Å²) in [7, 11) is 0. The van der Waals surface area contributed by atoms with Crippen LogP contribution in [0.2, 0.25) is 0 Å². The lowest BCUT2D eigenvalue weighted by Gasteiger charge is -2.18. The molecule has 0 spiro atoms. The van der Waals surface area contributed by atoms with Gasteiger partial charge in [0.15, 0.2) is 0 Å². The van der Waals surface area contributed by atoms with Gasteiger partial charge >= 0.3 is 0 Å². The molecular weight excluding hydrogens is 314 g/mol. The van der Waals surface area contributed by atoms with Crippen LogP contribution in [0.4, 0.5) is 0 Å². The number of halogens is 1. The summed E-state index contributed by atoms with van der Waals surface area (Å²) in [5.74, 6) is 0.999. The highest BCUT2D eigenvalue weighted by molar-refractivity contribution is 9.09. The number of carbonyl (C=O) groups excluding carboxylic acids is 1. The molecule has 0 aliphatic heterocycles. The van der Waals surface area contributed by atoms with E-state index in [2.05, 4.69) is 45.5 Å². The third-order valence-electron chi connectivity index (χ3n) is 4.74. The van der Waals surface area contributed by atoms with Crippen molar-refractivity contribution in [3.05, 3.63) is 35.4 Å². The molecule has 0 aromatic heterocycles. The molecule has 108 valence electrons. The third-order valence-corrected chi connectivity index (χ3v) is 5.59. The van der Waals surface area contributed by atoms with Crippen LogP contribution in [-0.2, 0) is 11.2 Å². The first-order valence-electron chi connectivity index (χ1n) is 7.75. The fourth-order valence-corrected chi connectivity index (χ4v) is 4.36. The highest BCUT2D eigenvalue weighted by Gasteiger charge is 2.31. The number of fused-ring (bicyclic) bond motifs is 1. The molecule has 0 heterocycles. The Bertz CT molecular complexity index is 482. The van der Waals surface area contributed by atoms with Crippen LogP contribution in [0.25, 0.3) is 0 Å². The maximum absolute atomic E-state index is 12.2. The number of hydrogen-bond donors (Lipinski definition) is 1. The number of amides is 1. The zero-order chi connectivity index (χ0) is 13.9. The van der Waals surface area contributed by atoms with E-state index in [0.29, 0.717) is 11.2 Å². The van der Waals surface area contributed by atoms with Crippen molar-refractivity contribution in [2.45, 2.75) is 55.8 Å². The highest BCUT2D eigenvalue weighted by Crippen LogP contribution is 2.36. The average molecular weight is 336 g/mol. The van der Waals surface area contributed by atoms with Gasteiger partial charge in [0, 0.05) is 11.2 Å². The summed E-state index contributed by atoms with van der Waals surface area (Å²) < 4.78 is 0. The van der Waals surface area contributed by atoms with E-state index < -0.39 is 0 Å². The number of nitrogens with one attached hydrogen (secondary N) is 1. The molecule has 2 nitrogen and oxygen atoms in total. The first-order chi connectivity index (χ1) is 9.74. The molecule has 3 heteroatoms. The van der Waals surface area contributed by atoms with Crippen molar-refractivity contribution in [2.24, 2.45) is 5.92 Å². The van der Waals surface area contributed by atoms with E-state index in [-0.39, 0.29) is 11.9 Å². The van der Waals surface area contributed by atoms with Gasteiger partial charge in [-0.3, -0.25) is 4.79 Å². The van der Waals surface area contributed by atoms with E-state index >= 15 is 0 Å². The van der Waals surface area contributed by atoms with Gasteiger partial charge in [0.05, 0.1) is 6.04 Å². The molecule has 3 rings (SSSR count). The quantitative estimate of drug-likeness (QED) is 0.823. The Labute approximate surface area is 129 Å². The largest absolute Gasteiger partial charge is 0.348 e. The Morgan fingerprint density at radius 2 is 2.00 bits per heavy atom. The van der Waals surface area contributed by atoms with E-state index in [1.54, 1.807) is 0 Å². The second-order valence-corrected chi connectivity index (χ2v) is 7.33. The van der Waals surface area contributed by atoms with Crippen LogP contribution in [0.5, 0.6) is 0 Å². The lowest BCUT2D eigenvalue weighted by molar-refractivity contribution is -0.122. The number of hydrogen-bond acceptors (Lipinski definition) is 1. The molecule has 1 N–H and O–H groups in total. The molecule has 2 unspecified atom stereocenters. The SMILES string of the molecule is O=C(CCC1CCCC1)NC1c2ccccc2CC1Br. The fourth-order valence-electron chi connectivity index (χ4n) is 3.59. The van der Waals surface area contributed by atoms with Gasteiger partial charge < -0.3 is 5.32 Å². The molecule has 2 aliphatic carbocycles. The molecule has 2 atom stereocenters. The number of carbonyl (C=O) groups is 1. The summed E-state index contributed by atoms with van der Waals surface area (Å²) in [4.78, 5) is 12.5. The smallest absolute Gasteiger partial charge is 0.220 e. The molecule has 1 saturated carbocycles. The predicted molar refractivity (Wildman–Crippen MR) is 84.9 cm³/mol. The minimum absolute atomic E-state index is 0.141. The number of benzene rings is 1. The Kier molecular flexibility index (Phi) is 4.45. The van der Waals surface area contributed by atoms with E-state index in [0.717, 1.165) is 18.8 Å². The van der Waals surface area contributed by atoms with E-state index in [1.165, 1.54) is 36.8 Å². The summed E-state index contributed by atoms with van der Waals surface area (Å²) in [5, 5.41) is 3.22. The Balaban J connectivity index is 1.55. The lowest BCUT2D eigenvalue weighted by atomic mass is 10.0. The maximum Gasteiger partial charge on any atom is 0.220 e. The monoisotopic (exact) mass is 335 g/mol. The summed E-state index contributed by atoms with van der Waals surface area (Å²) in [5.41, 5.74) is 2.64. The van der Waals surface area contributed by atoms with E-state index in [4.69, 9.17) is 0 Å². The van der Waals surface area contributed by atoms with Crippen molar-refractivity contribution in [3.63, 3.8) is 0 Å². The average Bonchev–Trinajstić information content (AvgIpc) is 3.06. The zero-order valence-corrected chi connectivity index (χ0v) is 13.4. The number of rotatable bonds is 4. The van der Waals surface area contributed by atoms with Gasteiger partial charge in [-0.25, -0.2) is 0 Å². The molecule has 0 bridgehead atoms. The van der Waals surface area contributed by atoms with Crippen LogP contribution in [0.15, 0.2) is 24.3 Å². The van der Waals surface area contributed by atoms with Crippen LogP contribution in [0.1, 0.15) is 55.7 Å². The van der Waals surface area contributed by atoms with Crippen LogP contribution in [-0.4, -0.2) is 10.7 Å².